The third kappa shape index (κ3) is 3.81. The van der Waals surface area contributed by atoms with Gasteiger partial charge in [-0.25, -0.2) is 9.37 Å². The average molecular weight is 440 g/mol. The van der Waals surface area contributed by atoms with Gasteiger partial charge in [-0.05, 0) is 37.8 Å². The van der Waals surface area contributed by atoms with Crippen LogP contribution in [-0.4, -0.2) is 63.9 Å². The number of likely N-dealkylation sites (tertiary alicyclic amines) is 1. The second-order valence-corrected chi connectivity index (χ2v) is 8.60. The van der Waals surface area contributed by atoms with E-state index in [1.54, 1.807) is 17.0 Å². The molecule has 1 aromatic carbocycles. The normalized spacial score (nSPS) is 22.8. The molecule has 168 valence electrons. The Hall–Kier alpha value is -3.07. The summed E-state index contributed by atoms with van der Waals surface area (Å²) in [4.78, 5) is 49.0. The highest BCUT2D eigenvalue weighted by Gasteiger charge is 2.35. The van der Waals surface area contributed by atoms with Crippen LogP contribution in [0.3, 0.4) is 0 Å². The first-order valence-corrected chi connectivity index (χ1v) is 11.1. The number of rotatable bonds is 3. The number of benzene rings is 1. The molecule has 9 heteroatoms. The van der Waals surface area contributed by atoms with Crippen LogP contribution in [0.2, 0.25) is 0 Å². The van der Waals surface area contributed by atoms with E-state index in [2.05, 4.69) is 9.97 Å². The summed E-state index contributed by atoms with van der Waals surface area (Å²) in [6.45, 7) is 2.19. The number of fused-ring (bicyclic) bond motifs is 1. The van der Waals surface area contributed by atoms with Gasteiger partial charge in [0.1, 0.15) is 17.7 Å². The van der Waals surface area contributed by atoms with Crippen LogP contribution in [0.4, 0.5) is 4.39 Å². The number of carbonyl (C=O) groups is 2. The number of nitrogens with zero attached hydrogens (tertiary/aromatic N) is 3. The van der Waals surface area contributed by atoms with Crippen LogP contribution in [-0.2, 0) is 22.5 Å². The van der Waals surface area contributed by atoms with Gasteiger partial charge in [-0.1, -0.05) is 12.1 Å². The SMILES string of the molecule is O=C(c1ccccc1F)N1CCc2c(nc([C@H]3CCN(C(=O)[C@H]4CCCO4)C3)[nH]c2=O)C1. The quantitative estimate of drug-likeness (QED) is 0.782. The number of aromatic amines is 1. The number of ether oxygens (including phenoxy) is 1. The summed E-state index contributed by atoms with van der Waals surface area (Å²) >= 11 is 0. The van der Waals surface area contributed by atoms with Crippen molar-refractivity contribution in [1.82, 2.24) is 19.8 Å². The number of hydrogen-bond acceptors (Lipinski definition) is 5. The number of halogens is 1. The van der Waals surface area contributed by atoms with E-state index < -0.39 is 11.7 Å². The van der Waals surface area contributed by atoms with E-state index in [1.807, 2.05) is 0 Å². The Labute approximate surface area is 184 Å². The molecule has 5 rings (SSSR count). The van der Waals surface area contributed by atoms with Gasteiger partial charge in [0.2, 0.25) is 0 Å². The number of amides is 2. The van der Waals surface area contributed by atoms with Crippen LogP contribution in [0.25, 0.3) is 0 Å². The standard InChI is InChI=1S/C23H25FN4O4/c24-17-5-2-1-4-15(17)22(30)28-10-8-16-18(13-28)25-20(26-21(16)29)14-7-9-27(12-14)23(31)19-6-3-11-32-19/h1-2,4-5,14,19H,3,6-13H2,(H,25,26,29)/t14-,19+/m0/s1. The zero-order valence-corrected chi connectivity index (χ0v) is 17.7. The molecular weight excluding hydrogens is 415 g/mol. The van der Waals surface area contributed by atoms with Crippen molar-refractivity contribution < 1.29 is 18.7 Å². The molecule has 32 heavy (non-hydrogen) atoms. The summed E-state index contributed by atoms with van der Waals surface area (Å²) in [6.07, 6.45) is 2.36. The Balaban J connectivity index is 1.33. The minimum absolute atomic E-state index is 0.00645. The van der Waals surface area contributed by atoms with E-state index in [1.165, 1.54) is 17.0 Å². The fourth-order valence-electron chi connectivity index (χ4n) is 4.79. The molecule has 1 N–H and O–H groups in total. The van der Waals surface area contributed by atoms with E-state index in [4.69, 9.17) is 4.74 Å². The first-order chi connectivity index (χ1) is 15.5. The van der Waals surface area contributed by atoms with Gasteiger partial charge in [0.25, 0.3) is 17.4 Å². The summed E-state index contributed by atoms with van der Waals surface area (Å²) in [5, 5.41) is 0. The highest BCUT2D eigenvalue weighted by molar-refractivity contribution is 5.94. The van der Waals surface area contributed by atoms with Gasteiger partial charge >= 0.3 is 0 Å². The Kier molecular flexibility index (Phi) is 5.50. The Morgan fingerprint density at radius 3 is 2.78 bits per heavy atom. The van der Waals surface area contributed by atoms with Crippen molar-refractivity contribution in [3.05, 3.63) is 63.1 Å². The first-order valence-electron chi connectivity index (χ1n) is 11.1. The van der Waals surface area contributed by atoms with E-state index in [0.717, 1.165) is 12.8 Å². The Morgan fingerprint density at radius 2 is 2.00 bits per heavy atom. The lowest BCUT2D eigenvalue weighted by molar-refractivity contribution is -0.139. The lowest BCUT2D eigenvalue weighted by Gasteiger charge is -2.28. The molecule has 0 aliphatic carbocycles. The molecule has 0 bridgehead atoms. The topological polar surface area (TPSA) is 95.6 Å². The van der Waals surface area contributed by atoms with Crippen molar-refractivity contribution in [3.63, 3.8) is 0 Å². The second kappa shape index (κ2) is 8.46. The maximum absolute atomic E-state index is 14.1. The van der Waals surface area contributed by atoms with Crippen LogP contribution in [0.5, 0.6) is 0 Å². The molecule has 2 aromatic rings. The molecule has 2 saturated heterocycles. The molecule has 0 unspecified atom stereocenters. The van der Waals surface area contributed by atoms with Crippen molar-refractivity contribution in [2.75, 3.05) is 26.2 Å². The molecule has 1 aromatic heterocycles. The lowest BCUT2D eigenvalue weighted by Crippen LogP contribution is -2.40. The van der Waals surface area contributed by atoms with Crippen LogP contribution in [0.1, 0.15) is 52.6 Å². The minimum atomic E-state index is -0.565. The van der Waals surface area contributed by atoms with Crippen LogP contribution >= 0.6 is 0 Å². The van der Waals surface area contributed by atoms with Crippen molar-refractivity contribution in [3.8, 4) is 0 Å². The van der Waals surface area contributed by atoms with Crippen molar-refractivity contribution in [2.24, 2.45) is 0 Å². The summed E-state index contributed by atoms with van der Waals surface area (Å²) in [5.74, 6) is -0.504. The fraction of sp³-hybridized carbons (Fsp3) is 0.478. The second-order valence-electron chi connectivity index (χ2n) is 8.60. The average Bonchev–Trinajstić information content (AvgIpc) is 3.51. The third-order valence-electron chi connectivity index (χ3n) is 6.58. The van der Waals surface area contributed by atoms with Crippen LogP contribution in [0, 0.1) is 5.82 Å². The smallest absolute Gasteiger partial charge is 0.257 e. The highest BCUT2D eigenvalue weighted by atomic mass is 19.1. The number of carbonyl (C=O) groups excluding carboxylic acids is 2. The predicted octanol–water partition coefficient (Wildman–Crippen LogP) is 1.60. The van der Waals surface area contributed by atoms with E-state index in [0.29, 0.717) is 56.2 Å². The molecule has 0 saturated carbocycles. The summed E-state index contributed by atoms with van der Waals surface area (Å²) < 4.78 is 19.6. The molecule has 2 amide bonds. The lowest BCUT2D eigenvalue weighted by atomic mass is 10.0. The summed E-state index contributed by atoms with van der Waals surface area (Å²) in [7, 11) is 0. The van der Waals surface area contributed by atoms with Gasteiger partial charge < -0.3 is 19.5 Å². The molecule has 0 radical (unpaired) electrons. The van der Waals surface area contributed by atoms with E-state index >= 15 is 0 Å². The molecule has 4 heterocycles. The van der Waals surface area contributed by atoms with Gasteiger partial charge in [0.05, 0.1) is 17.8 Å². The minimum Gasteiger partial charge on any atom is -0.368 e. The molecular formula is C23H25FN4O4. The maximum atomic E-state index is 14.1. The zero-order chi connectivity index (χ0) is 22.2. The van der Waals surface area contributed by atoms with Gasteiger partial charge in [-0.3, -0.25) is 14.4 Å². The molecule has 2 atom stereocenters. The predicted molar refractivity (Wildman–Crippen MR) is 113 cm³/mol. The molecule has 3 aliphatic heterocycles. The fourth-order valence-corrected chi connectivity index (χ4v) is 4.79. The number of H-pyrrole nitrogens is 1. The van der Waals surface area contributed by atoms with Crippen molar-refractivity contribution >= 4 is 11.8 Å². The monoisotopic (exact) mass is 440 g/mol. The number of nitrogens with one attached hydrogen (secondary N) is 1. The molecule has 8 nitrogen and oxygen atoms in total. The number of aromatic nitrogens is 2. The van der Waals surface area contributed by atoms with Crippen LogP contribution < -0.4 is 5.56 Å². The Morgan fingerprint density at radius 1 is 1.16 bits per heavy atom. The molecule has 0 spiro atoms. The Bertz CT molecular complexity index is 1110. The van der Waals surface area contributed by atoms with Crippen LogP contribution in [0.15, 0.2) is 29.1 Å². The maximum Gasteiger partial charge on any atom is 0.257 e. The zero-order valence-electron chi connectivity index (χ0n) is 17.7. The summed E-state index contributed by atoms with van der Waals surface area (Å²) in [6, 6.07) is 5.89. The van der Waals surface area contributed by atoms with Crippen molar-refractivity contribution in [2.45, 2.75) is 44.2 Å². The summed E-state index contributed by atoms with van der Waals surface area (Å²) in [5.41, 5.74) is 0.923. The van der Waals surface area contributed by atoms with E-state index in [9.17, 15) is 18.8 Å². The molecule has 3 aliphatic rings. The molecule has 2 fully saturated rings. The van der Waals surface area contributed by atoms with Gasteiger partial charge in [0, 0.05) is 37.7 Å². The third-order valence-corrected chi connectivity index (χ3v) is 6.58. The largest absolute Gasteiger partial charge is 0.368 e. The first kappa shape index (κ1) is 20.8. The van der Waals surface area contributed by atoms with Crippen molar-refractivity contribution in [1.29, 1.82) is 0 Å². The van der Waals surface area contributed by atoms with E-state index in [-0.39, 0.29) is 35.6 Å². The van der Waals surface area contributed by atoms with Gasteiger partial charge in [-0.2, -0.15) is 0 Å². The van der Waals surface area contributed by atoms with Gasteiger partial charge in [-0.15, -0.1) is 0 Å². The van der Waals surface area contributed by atoms with Gasteiger partial charge in [0.15, 0.2) is 0 Å². The highest BCUT2D eigenvalue weighted by Crippen LogP contribution is 2.28. The number of hydrogen-bond donors (Lipinski definition) is 1.